The number of aromatic carboxylic acids is 1. The van der Waals surface area contributed by atoms with Gasteiger partial charge >= 0.3 is 5.97 Å². The molecule has 0 spiro atoms. The largest absolute Gasteiger partial charge is 0.489 e. The number of aromatic amines is 1. The number of carbonyl (C=O) groups excluding carboxylic acids is 1. The summed E-state index contributed by atoms with van der Waals surface area (Å²) in [6.45, 7) is 3.82. The SMILES string of the molecule is CC(C)Oc1ccc(C(=O)C[C@H](CCO)Cc2ccc(-c3nc4ccc(C(=O)O)cc4[nH]3)cc2)cc1Cl. The number of ether oxygens (including phenoxy) is 1. The molecule has 3 N–H and O–H groups in total. The van der Waals surface area contributed by atoms with E-state index in [0.29, 0.717) is 52.5 Å². The van der Waals surface area contributed by atoms with Crippen molar-refractivity contribution >= 4 is 34.4 Å². The van der Waals surface area contributed by atoms with Crippen LogP contribution >= 0.6 is 11.6 Å². The van der Waals surface area contributed by atoms with Crippen molar-refractivity contribution in [1.29, 1.82) is 0 Å². The molecule has 0 unspecified atom stereocenters. The van der Waals surface area contributed by atoms with Crippen molar-refractivity contribution in [3.63, 3.8) is 0 Å². The second-order valence-electron chi connectivity index (χ2n) is 9.34. The minimum absolute atomic E-state index is 0.00469. The van der Waals surface area contributed by atoms with E-state index < -0.39 is 5.97 Å². The molecule has 0 saturated carbocycles. The maximum absolute atomic E-state index is 13.0. The number of aromatic nitrogens is 2. The monoisotopic (exact) mass is 520 g/mol. The lowest BCUT2D eigenvalue weighted by molar-refractivity contribution is 0.0696. The Morgan fingerprint density at radius 1 is 1.03 bits per heavy atom. The molecule has 0 aliphatic rings. The van der Waals surface area contributed by atoms with Gasteiger partial charge in [0.15, 0.2) is 5.78 Å². The normalized spacial score (nSPS) is 12.1. The highest BCUT2D eigenvalue weighted by Gasteiger charge is 2.18. The molecule has 37 heavy (non-hydrogen) atoms. The van der Waals surface area contributed by atoms with Crippen LogP contribution in [0, 0.1) is 5.92 Å². The van der Waals surface area contributed by atoms with Crippen LogP contribution in [0.15, 0.2) is 60.7 Å². The number of imidazole rings is 1. The number of carbonyl (C=O) groups is 2. The highest BCUT2D eigenvalue weighted by Crippen LogP contribution is 2.28. The number of hydrogen-bond acceptors (Lipinski definition) is 5. The summed E-state index contributed by atoms with van der Waals surface area (Å²) >= 11 is 6.31. The second kappa shape index (κ2) is 11.6. The predicted octanol–water partition coefficient (Wildman–Crippen LogP) is 6.18. The number of nitrogens with one attached hydrogen (secondary N) is 1. The Bertz CT molecular complexity index is 1410. The van der Waals surface area contributed by atoms with Crippen molar-refractivity contribution in [3.05, 3.63) is 82.4 Å². The second-order valence-corrected chi connectivity index (χ2v) is 9.75. The van der Waals surface area contributed by atoms with Crippen LogP contribution in [-0.2, 0) is 6.42 Å². The van der Waals surface area contributed by atoms with Crippen molar-refractivity contribution < 1.29 is 24.5 Å². The number of rotatable bonds is 11. The quantitative estimate of drug-likeness (QED) is 0.203. The first-order chi connectivity index (χ1) is 17.7. The van der Waals surface area contributed by atoms with Crippen LogP contribution in [0.1, 0.15) is 53.0 Å². The van der Waals surface area contributed by atoms with Gasteiger partial charge in [-0.2, -0.15) is 0 Å². The molecule has 3 aromatic carbocycles. The van der Waals surface area contributed by atoms with Crippen LogP contribution in [0.2, 0.25) is 5.02 Å². The fourth-order valence-corrected chi connectivity index (χ4v) is 4.50. The van der Waals surface area contributed by atoms with Gasteiger partial charge in [0.05, 0.1) is 27.7 Å². The summed E-state index contributed by atoms with van der Waals surface area (Å²) in [5.41, 5.74) is 3.97. The Morgan fingerprint density at radius 3 is 2.41 bits per heavy atom. The molecule has 0 aliphatic carbocycles. The third-order valence-electron chi connectivity index (χ3n) is 6.11. The standard InChI is InChI=1S/C29H29ClN2O5/c1-17(2)37-27-10-8-21(15-23(27)30)26(34)14-19(11-12-33)13-18-3-5-20(6-4-18)28-31-24-9-7-22(29(35)36)16-25(24)32-28/h3-10,15-17,19,33H,11-14H2,1-2H3,(H,31,32)(H,35,36)/t19-/m1/s1. The van der Waals surface area contributed by atoms with Gasteiger partial charge in [-0.15, -0.1) is 0 Å². The first kappa shape index (κ1) is 26.4. The molecule has 4 aromatic rings. The first-order valence-electron chi connectivity index (χ1n) is 12.2. The van der Waals surface area contributed by atoms with E-state index in [9.17, 15) is 19.8 Å². The van der Waals surface area contributed by atoms with E-state index in [1.54, 1.807) is 30.3 Å². The molecular weight excluding hydrogens is 492 g/mol. The van der Waals surface area contributed by atoms with E-state index in [1.807, 2.05) is 38.1 Å². The van der Waals surface area contributed by atoms with E-state index in [4.69, 9.17) is 16.3 Å². The molecule has 1 aromatic heterocycles. The fraction of sp³-hybridized carbons (Fsp3) is 0.276. The number of benzene rings is 3. The molecule has 1 heterocycles. The Kier molecular flexibility index (Phi) is 8.26. The zero-order valence-corrected chi connectivity index (χ0v) is 21.5. The van der Waals surface area contributed by atoms with Gasteiger partial charge in [-0.3, -0.25) is 4.79 Å². The van der Waals surface area contributed by atoms with Gasteiger partial charge in [0.25, 0.3) is 0 Å². The van der Waals surface area contributed by atoms with Crippen LogP contribution in [0.3, 0.4) is 0 Å². The Labute approximate surface area is 220 Å². The summed E-state index contributed by atoms with van der Waals surface area (Å²) in [5, 5.41) is 19.2. The number of fused-ring (bicyclic) bond motifs is 1. The average Bonchev–Trinajstić information content (AvgIpc) is 3.29. The van der Waals surface area contributed by atoms with Crippen LogP contribution in [-0.4, -0.2) is 44.6 Å². The number of aliphatic hydroxyl groups is 1. The Balaban J connectivity index is 1.44. The lowest BCUT2D eigenvalue weighted by atomic mass is 9.89. The summed E-state index contributed by atoms with van der Waals surface area (Å²) in [6, 6.07) is 17.7. The predicted molar refractivity (Wildman–Crippen MR) is 144 cm³/mol. The van der Waals surface area contributed by atoms with Crippen LogP contribution in [0.25, 0.3) is 22.4 Å². The van der Waals surface area contributed by atoms with Gasteiger partial charge in [0, 0.05) is 24.2 Å². The highest BCUT2D eigenvalue weighted by molar-refractivity contribution is 6.32. The molecule has 4 rings (SSSR count). The summed E-state index contributed by atoms with van der Waals surface area (Å²) in [5.74, 6) is 0.143. The smallest absolute Gasteiger partial charge is 0.335 e. The average molecular weight is 521 g/mol. The molecule has 1 atom stereocenters. The molecule has 8 heteroatoms. The van der Waals surface area contributed by atoms with Gasteiger partial charge in [-0.05, 0) is 74.6 Å². The molecule has 0 saturated heterocycles. The number of halogens is 1. The van der Waals surface area contributed by atoms with Crippen LogP contribution in [0.4, 0.5) is 0 Å². The lowest BCUT2D eigenvalue weighted by Gasteiger charge is -2.16. The van der Waals surface area contributed by atoms with Crippen molar-refractivity contribution in [3.8, 4) is 17.1 Å². The van der Waals surface area contributed by atoms with Crippen molar-refractivity contribution in [1.82, 2.24) is 9.97 Å². The number of Topliss-reactive ketones (excluding diaryl/α,β-unsaturated/α-hetero) is 1. The summed E-state index contributed by atoms with van der Waals surface area (Å²) in [6.07, 6.45) is 1.41. The number of nitrogens with zero attached hydrogens (tertiary/aromatic N) is 1. The van der Waals surface area contributed by atoms with Gasteiger partial charge in [-0.25, -0.2) is 9.78 Å². The summed E-state index contributed by atoms with van der Waals surface area (Å²) in [4.78, 5) is 31.9. The van der Waals surface area contributed by atoms with Gasteiger partial charge < -0.3 is 19.9 Å². The molecule has 0 radical (unpaired) electrons. The Morgan fingerprint density at radius 2 is 1.76 bits per heavy atom. The van der Waals surface area contributed by atoms with Crippen LogP contribution < -0.4 is 4.74 Å². The maximum atomic E-state index is 13.0. The number of hydrogen-bond donors (Lipinski definition) is 3. The van der Waals surface area contributed by atoms with E-state index >= 15 is 0 Å². The molecular formula is C29H29ClN2O5. The highest BCUT2D eigenvalue weighted by atomic mass is 35.5. The van der Waals surface area contributed by atoms with Crippen molar-refractivity contribution in [2.24, 2.45) is 5.92 Å². The minimum atomic E-state index is -0.987. The number of aliphatic hydroxyl groups excluding tert-OH is 1. The van der Waals surface area contributed by atoms with E-state index in [0.717, 1.165) is 11.1 Å². The zero-order chi connectivity index (χ0) is 26.5. The minimum Gasteiger partial charge on any atom is -0.489 e. The maximum Gasteiger partial charge on any atom is 0.335 e. The van der Waals surface area contributed by atoms with Crippen molar-refractivity contribution in [2.75, 3.05) is 6.61 Å². The first-order valence-corrected chi connectivity index (χ1v) is 12.5. The fourth-order valence-electron chi connectivity index (χ4n) is 4.27. The number of ketones is 1. The molecule has 0 aliphatic heterocycles. The van der Waals surface area contributed by atoms with E-state index in [-0.39, 0.29) is 30.0 Å². The van der Waals surface area contributed by atoms with Crippen molar-refractivity contribution in [2.45, 2.75) is 39.2 Å². The van der Waals surface area contributed by atoms with Crippen LogP contribution in [0.5, 0.6) is 5.75 Å². The third kappa shape index (κ3) is 6.56. The summed E-state index contributed by atoms with van der Waals surface area (Å²) in [7, 11) is 0. The van der Waals surface area contributed by atoms with Gasteiger partial charge in [-0.1, -0.05) is 35.9 Å². The lowest BCUT2D eigenvalue weighted by Crippen LogP contribution is -2.13. The zero-order valence-electron chi connectivity index (χ0n) is 20.7. The molecule has 0 bridgehead atoms. The number of carboxylic acids is 1. The third-order valence-corrected chi connectivity index (χ3v) is 6.40. The molecule has 7 nitrogen and oxygen atoms in total. The topological polar surface area (TPSA) is 113 Å². The molecule has 0 amide bonds. The Hall–Kier alpha value is -3.68. The van der Waals surface area contributed by atoms with Gasteiger partial charge in [0.2, 0.25) is 0 Å². The summed E-state index contributed by atoms with van der Waals surface area (Å²) < 4.78 is 5.65. The molecule has 192 valence electrons. The van der Waals surface area contributed by atoms with E-state index in [1.165, 1.54) is 6.07 Å². The number of H-pyrrole nitrogens is 1. The van der Waals surface area contributed by atoms with E-state index in [2.05, 4.69) is 9.97 Å². The molecule has 0 fully saturated rings. The van der Waals surface area contributed by atoms with Gasteiger partial charge in [0.1, 0.15) is 11.6 Å². The number of carboxylic acid groups (broad SMARTS) is 1.